The quantitative estimate of drug-likeness (QED) is 0.119. The first-order valence-electron chi connectivity index (χ1n) is 21.9. The number of hydrogen-bond donors (Lipinski definition) is 5. The van der Waals surface area contributed by atoms with Gasteiger partial charge in [-0.15, -0.1) is 0 Å². The summed E-state index contributed by atoms with van der Waals surface area (Å²) in [6.07, 6.45) is 2.51. The van der Waals surface area contributed by atoms with Crippen LogP contribution in [0.4, 0.5) is 16.2 Å². The molecular formula is C50H58Cl2N4O6. The normalized spacial score (nSPS) is 26.4. The third-order valence-corrected chi connectivity index (χ3v) is 14.3. The van der Waals surface area contributed by atoms with E-state index in [1.54, 1.807) is 51.1 Å². The Balaban J connectivity index is 1.45. The Hall–Kier alpha value is -4.45. The number of rotatable bonds is 8. The molecule has 12 heteroatoms. The van der Waals surface area contributed by atoms with E-state index in [2.05, 4.69) is 34.7 Å². The molecule has 5 N–H and O–H groups in total. The molecule has 1 unspecified atom stereocenters. The molecule has 4 aromatic rings. The van der Waals surface area contributed by atoms with Gasteiger partial charge in [0.25, 0.3) is 0 Å². The van der Waals surface area contributed by atoms with Crippen LogP contribution in [0.15, 0.2) is 97.1 Å². The Morgan fingerprint density at radius 2 is 1.47 bits per heavy atom. The molecule has 5 atom stereocenters. The van der Waals surface area contributed by atoms with Crippen molar-refractivity contribution >= 4 is 52.5 Å². The van der Waals surface area contributed by atoms with Crippen LogP contribution in [0.1, 0.15) is 126 Å². The highest BCUT2D eigenvalue weighted by Gasteiger charge is 2.77. The first-order chi connectivity index (χ1) is 29.4. The first-order valence-corrected chi connectivity index (χ1v) is 22.6. The lowest BCUT2D eigenvalue weighted by Gasteiger charge is -2.56. The van der Waals surface area contributed by atoms with Gasteiger partial charge >= 0.3 is 6.09 Å². The van der Waals surface area contributed by atoms with Crippen LogP contribution < -0.4 is 16.0 Å². The van der Waals surface area contributed by atoms with E-state index in [-0.39, 0.29) is 23.3 Å². The topological polar surface area (TPSA) is 140 Å². The molecule has 10 nitrogen and oxygen atoms in total. The summed E-state index contributed by atoms with van der Waals surface area (Å²) >= 11 is 13.7. The molecule has 0 radical (unpaired) electrons. The summed E-state index contributed by atoms with van der Waals surface area (Å²) in [5, 5.41) is 33.8. The maximum absolute atomic E-state index is 16.0. The second-order valence-electron chi connectivity index (χ2n) is 19.6. The SMILES string of the molecule is CC1(C)CCC2(CC1)N([C@H](c1ccccc1)[C@@H](O)c1ccccc1)[C@@H](C(=O)NC1CCC(O)CC1)[C@H](c1cc(Cl)cc(NC(=O)OC(C)(C)C)c1)C21C(=O)Nc2cc(Cl)ccc21. The molecule has 2 spiro atoms. The number of fused-ring (bicyclic) bond motifs is 3. The molecule has 328 valence electrons. The first kappa shape index (κ1) is 44.2. The molecule has 1 saturated heterocycles. The molecule has 62 heavy (non-hydrogen) atoms. The van der Waals surface area contributed by atoms with E-state index in [1.165, 1.54) is 0 Å². The predicted octanol–water partition coefficient (Wildman–Crippen LogP) is 10.2. The molecular weight excluding hydrogens is 823 g/mol. The van der Waals surface area contributed by atoms with Gasteiger partial charge in [-0.25, -0.2) is 4.79 Å². The van der Waals surface area contributed by atoms with E-state index >= 15 is 9.59 Å². The van der Waals surface area contributed by atoms with Crippen molar-refractivity contribution in [3.05, 3.63) is 129 Å². The van der Waals surface area contributed by atoms with Gasteiger partial charge in [0, 0.05) is 38.9 Å². The number of amides is 3. The number of ether oxygens (including phenoxy) is 1. The minimum Gasteiger partial charge on any atom is -0.444 e. The molecule has 2 aliphatic heterocycles. The summed E-state index contributed by atoms with van der Waals surface area (Å²) in [6.45, 7) is 9.83. The van der Waals surface area contributed by atoms with Crippen LogP contribution in [0.5, 0.6) is 0 Å². The van der Waals surface area contributed by atoms with E-state index in [1.807, 2.05) is 66.7 Å². The highest BCUT2D eigenvalue weighted by Crippen LogP contribution is 2.69. The van der Waals surface area contributed by atoms with Gasteiger partial charge in [0.1, 0.15) is 11.0 Å². The van der Waals surface area contributed by atoms with Gasteiger partial charge in [-0.2, -0.15) is 0 Å². The van der Waals surface area contributed by atoms with E-state index in [4.69, 9.17) is 27.9 Å². The fourth-order valence-electron chi connectivity index (χ4n) is 11.1. The highest BCUT2D eigenvalue weighted by atomic mass is 35.5. The number of nitrogens with zero attached hydrogens (tertiary/aromatic N) is 1. The Morgan fingerprint density at radius 3 is 2.10 bits per heavy atom. The molecule has 4 aromatic carbocycles. The molecule has 3 amide bonds. The molecule has 2 saturated carbocycles. The van der Waals surface area contributed by atoms with Gasteiger partial charge in [-0.3, -0.25) is 19.8 Å². The van der Waals surface area contributed by atoms with Crippen LogP contribution in [0.3, 0.4) is 0 Å². The second kappa shape index (κ2) is 16.9. The number of halogens is 2. The molecule has 0 bridgehead atoms. The Morgan fingerprint density at radius 1 is 0.839 bits per heavy atom. The molecule has 4 aliphatic rings. The predicted molar refractivity (Wildman–Crippen MR) is 243 cm³/mol. The number of hydrogen-bond acceptors (Lipinski definition) is 7. The zero-order chi connectivity index (χ0) is 44.2. The van der Waals surface area contributed by atoms with Gasteiger partial charge in [0.2, 0.25) is 11.8 Å². The van der Waals surface area contributed by atoms with Gasteiger partial charge < -0.3 is 25.6 Å². The van der Waals surface area contributed by atoms with Gasteiger partial charge in [0.05, 0.1) is 24.3 Å². The Kier molecular flexibility index (Phi) is 12.1. The average molecular weight is 882 g/mol. The van der Waals surface area contributed by atoms with E-state index in [0.29, 0.717) is 76.6 Å². The summed E-state index contributed by atoms with van der Waals surface area (Å²) in [5.41, 5.74) is 0.227. The lowest BCUT2D eigenvalue weighted by atomic mass is 9.53. The van der Waals surface area contributed by atoms with Crippen molar-refractivity contribution in [3.63, 3.8) is 0 Å². The third-order valence-electron chi connectivity index (χ3n) is 13.9. The van der Waals surface area contributed by atoms with Gasteiger partial charge in [0.15, 0.2) is 0 Å². The minimum absolute atomic E-state index is 0.0877. The summed E-state index contributed by atoms with van der Waals surface area (Å²) in [6, 6.07) is 27.8. The van der Waals surface area contributed by atoms with Crippen molar-refractivity contribution in [2.75, 3.05) is 10.6 Å². The molecule has 3 fully saturated rings. The van der Waals surface area contributed by atoms with Crippen molar-refractivity contribution in [1.29, 1.82) is 0 Å². The number of nitrogens with one attached hydrogen (secondary N) is 3. The number of aliphatic hydroxyl groups is 2. The maximum atomic E-state index is 16.0. The minimum atomic E-state index is -1.45. The van der Waals surface area contributed by atoms with Crippen molar-refractivity contribution in [3.8, 4) is 0 Å². The summed E-state index contributed by atoms with van der Waals surface area (Å²) in [7, 11) is 0. The van der Waals surface area contributed by atoms with Crippen molar-refractivity contribution < 1.29 is 29.3 Å². The Bertz CT molecular complexity index is 2300. The molecule has 2 heterocycles. The van der Waals surface area contributed by atoms with Gasteiger partial charge in [-0.05, 0) is 130 Å². The second-order valence-corrected chi connectivity index (χ2v) is 20.5. The average Bonchev–Trinajstić information content (AvgIpc) is 3.64. The fraction of sp³-hybridized carbons (Fsp3) is 0.460. The van der Waals surface area contributed by atoms with Crippen LogP contribution in [-0.4, -0.2) is 62.3 Å². The lowest BCUT2D eigenvalue weighted by Crippen LogP contribution is -2.64. The van der Waals surface area contributed by atoms with Crippen LogP contribution in [0, 0.1) is 5.41 Å². The van der Waals surface area contributed by atoms with Crippen LogP contribution in [0.2, 0.25) is 10.0 Å². The summed E-state index contributed by atoms with van der Waals surface area (Å²) in [4.78, 5) is 47.4. The van der Waals surface area contributed by atoms with Crippen molar-refractivity contribution in [2.45, 2.75) is 139 Å². The van der Waals surface area contributed by atoms with Crippen LogP contribution in [-0.2, 0) is 19.7 Å². The maximum Gasteiger partial charge on any atom is 0.412 e. The van der Waals surface area contributed by atoms with E-state index < -0.39 is 52.9 Å². The fourth-order valence-corrected chi connectivity index (χ4v) is 11.6. The number of carbonyl (C=O) groups excluding carboxylic acids is 3. The molecule has 8 rings (SSSR count). The van der Waals surface area contributed by atoms with Crippen LogP contribution >= 0.6 is 23.2 Å². The zero-order valence-electron chi connectivity index (χ0n) is 36.1. The van der Waals surface area contributed by atoms with Crippen molar-refractivity contribution in [1.82, 2.24) is 10.2 Å². The number of aliphatic hydroxyl groups excluding tert-OH is 2. The largest absolute Gasteiger partial charge is 0.444 e. The van der Waals surface area contributed by atoms with Crippen molar-refractivity contribution in [2.24, 2.45) is 5.41 Å². The molecule has 2 aliphatic carbocycles. The van der Waals surface area contributed by atoms with E-state index in [0.717, 1.165) is 18.4 Å². The summed E-state index contributed by atoms with van der Waals surface area (Å²) < 4.78 is 5.65. The Labute approximate surface area is 374 Å². The smallest absolute Gasteiger partial charge is 0.412 e. The lowest BCUT2D eigenvalue weighted by molar-refractivity contribution is -0.137. The summed E-state index contributed by atoms with van der Waals surface area (Å²) in [5.74, 6) is -1.49. The van der Waals surface area contributed by atoms with Gasteiger partial charge in [-0.1, -0.05) is 104 Å². The standard InChI is InChI=1S/C50H58Cl2N4O6/c1-47(2,3)62-46(61)54-36-27-32(26-34(52)28-36)40-42(44(59)53-35-17-19-37(57)20-18-35)56(41(30-12-8-6-9-13-30)43(58)31-14-10-7-11-15-31)49(24-22-48(4,5)23-25-49)50(40)38-21-16-33(51)29-39(38)55-45(50)60/h6-16,21,26-29,35,37,40-43,57-58H,17-20,22-25H2,1-5H3,(H,53,59)(H,54,61)(H,55,60)/t35?,37?,40-,41+,42+,43-,50?/m0/s1. The third kappa shape index (κ3) is 8.13. The monoisotopic (exact) mass is 880 g/mol. The molecule has 0 aromatic heterocycles. The zero-order valence-corrected chi connectivity index (χ0v) is 37.6. The number of likely N-dealkylation sites (tertiary alicyclic amines) is 1. The number of carbonyl (C=O) groups is 3. The highest BCUT2D eigenvalue weighted by molar-refractivity contribution is 6.31. The van der Waals surface area contributed by atoms with Crippen LogP contribution in [0.25, 0.3) is 0 Å². The van der Waals surface area contributed by atoms with E-state index in [9.17, 15) is 15.0 Å². The number of anilines is 2. The number of benzene rings is 4.